The molecular weight excluding hydrogens is 536 g/mol. The number of benzene rings is 1. The summed E-state index contributed by atoms with van der Waals surface area (Å²) in [4.78, 5) is 39.7. The second-order valence-electron chi connectivity index (χ2n) is 10.2. The third-order valence-electron chi connectivity index (χ3n) is 6.90. The predicted octanol–water partition coefficient (Wildman–Crippen LogP) is 2.91. The SMILES string of the molecule is Cc1cc(Nc2ncnn3ccc(N4CCN(C(=O)/C=C/CN(C)C)CC4=O)c23)ccc1Oc1ccn2ncnc2c1. The zero-order chi connectivity index (χ0) is 29.2. The molecule has 1 aliphatic rings. The number of aryl methyl sites for hydroxylation is 1. The Morgan fingerprint density at radius 3 is 2.67 bits per heavy atom. The summed E-state index contributed by atoms with van der Waals surface area (Å²) < 4.78 is 9.45. The van der Waals surface area contributed by atoms with Gasteiger partial charge in [0.15, 0.2) is 11.5 Å². The van der Waals surface area contributed by atoms with E-state index in [-0.39, 0.29) is 18.4 Å². The van der Waals surface area contributed by atoms with Gasteiger partial charge in [-0.1, -0.05) is 6.08 Å². The number of amides is 2. The Kier molecular flexibility index (Phi) is 7.23. The third-order valence-corrected chi connectivity index (χ3v) is 6.90. The summed E-state index contributed by atoms with van der Waals surface area (Å²) in [5, 5.41) is 11.8. The maximum absolute atomic E-state index is 13.2. The first-order chi connectivity index (χ1) is 20.4. The number of carbonyl (C=O) groups is 2. The van der Waals surface area contributed by atoms with Crippen LogP contribution in [-0.4, -0.2) is 91.1 Å². The van der Waals surface area contributed by atoms with Crippen molar-refractivity contribution in [2.75, 3.05) is 50.5 Å². The Hall–Kier alpha value is -5.30. The molecular formula is C29H30N10O3. The van der Waals surface area contributed by atoms with Crippen LogP contribution in [0.4, 0.5) is 17.2 Å². The summed E-state index contributed by atoms with van der Waals surface area (Å²) in [7, 11) is 3.86. The number of piperazine rings is 1. The van der Waals surface area contributed by atoms with Crippen molar-refractivity contribution >= 4 is 40.2 Å². The highest BCUT2D eigenvalue weighted by molar-refractivity contribution is 6.04. The number of nitrogens with one attached hydrogen (secondary N) is 1. The van der Waals surface area contributed by atoms with E-state index in [9.17, 15) is 9.59 Å². The summed E-state index contributed by atoms with van der Waals surface area (Å²) in [6, 6.07) is 11.2. The number of nitrogens with zero attached hydrogens (tertiary/aromatic N) is 9. The lowest BCUT2D eigenvalue weighted by atomic mass is 10.2. The zero-order valence-corrected chi connectivity index (χ0v) is 23.5. The molecule has 5 heterocycles. The van der Waals surface area contributed by atoms with Crippen LogP contribution in [0, 0.1) is 6.92 Å². The van der Waals surface area contributed by atoms with Gasteiger partial charge in [0.05, 0.1) is 5.69 Å². The zero-order valence-electron chi connectivity index (χ0n) is 23.5. The summed E-state index contributed by atoms with van der Waals surface area (Å²) in [6.07, 6.45) is 9.87. The van der Waals surface area contributed by atoms with Gasteiger partial charge in [0.1, 0.15) is 36.2 Å². The van der Waals surface area contributed by atoms with Gasteiger partial charge in [0.25, 0.3) is 0 Å². The normalized spacial score (nSPS) is 14.0. The molecule has 13 heteroatoms. The smallest absolute Gasteiger partial charge is 0.246 e. The number of likely N-dealkylation sites (N-methyl/N-ethyl adjacent to an activating group) is 1. The van der Waals surface area contributed by atoms with Crippen LogP contribution in [0.1, 0.15) is 5.56 Å². The van der Waals surface area contributed by atoms with Crippen molar-refractivity contribution in [2.24, 2.45) is 0 Å². The van der Waals surface area contributed by atoms with Crippen molar-refractivity contribution in [1.82, 2.24) is 39.0 Å². The highest BCUT2D eigenvalue weighted by atomic mass is 16.5. The molecule has 1 fully saturated rings. The Balaban J connectivity index is 1.19. The van der Waals surface area contributed by atoms with Gasteiger partial charge in [-0.15, -0.1) is 0 Å². The standard InChI is InChI=1S/C29H30N10O3/c1-20-15-21(6-7-24(20)42-22-8-11-38-25(16-22)30-18-32-38)34-29-28-23(9-12-39(28)33-19-31-29)37-14-13-36(17-27(37)41)26(40)5-4-10-35(2)3/h4-9,11-12,15-16,18-19H,10,13-14,17H2,1-3H3,(H,31,33,34)/b5-4+. The van der Waals surface area contributed by atoms with Crippen LogP contribution in [-0.2, 0) is 9.59 Å². The molecule has 1 aromatic carbocycles. The molecule has 0 bridgehead atoms. The lowest BCUT2D eigenvalue weighted by Crippen LogP contribution is -2.52. The van der Waals surface area contributed by atoms with Crippen LogP contribution in [0.15, 0.2) is 73.6 Å². The van der Waals surface area contributed by atoms with Crippen LogP contribution in [0.5, 0.6) is 11.5 Å². The summed E-state index contributed by atoms with van der Waals surface area (Å²) >= 11 is 0. The molecule has 4 aromatic heterocycles. The first-order valence-electron chi connectivity index (χ1n) is 13.4. The fourth-order valence-corrected chi connectivity index (χ4v) is 4.80. The molecule has 214 valence electrons. The lowest BCUT2D eigenvalue weighted by molar-refractivity contribution is -0.133. The summed E-state index contributed by atoms with van der Waals surface area (Å²) in [5.41, 5.74) is 3.75. The fourth-order valence-electron chi connectivity index (χ4n) is 4.80. The predicted molar refractivity (Wildman–Crippen MR) is 157 cm³/mol. The van der Waals surface area contributed by atoms with Crippen molar-refractivity contribution in [1.29, 1.82) is 0 Å². The minimum Gasteiger partial charge on any atom is -0.457 e. The van der Waals surface area contributed by atoms with Gasteiger partial charge in [-0.2, -0.15) is 10.2 Å². The quantitative estimate of drug-likeness (QED) is 0.282. The van der Waals surface area contributed by atoms with E-state index in [1.165, 1.54) is 18.7 Å². The number of pyridine rings is 1. The molecule has 1 saturated heterocycles. The number of rotatable bonds is 8. The maximum atomic E-state index is 13.2. The molecule has 0 saturated carbocycles. The van der Waals surface area contributed by atoms with Gasteiger partial charge in [-0.05, 0) is 56.9 Å². The van der Waals surface area contributed by atoms with Crippen LogP contribution in [0.2, 0.25) is 0 Å². The Morgan fingerprint density at radius 1 is 1.05 bits per heavy atom. The van der Waals surface area contributed by atoms with Gasteiger partial charge in [0.2, 0.25) is 11.8 Å². The first kappa shape index (κ1) is 26.9. The van der Waals surface area contributed by atoms with E-state index in [2.05, 4.69) is 25.5 Å². The van der Waals surface area contributed by atoms with Crippen LogP contribution >= 0.6 is 0 Å². The molecule has 0 spiro atoms. The summed E-state index contributed by atoms with van der Waals surface area (Å²) in [6.45, 7) is 3.41. The minimum absolute atomic E-state index is 0.00358. The number of carbonyl (C=O) groups excluding carboxylic acids is 2. The number of fused-ring (bicyclic) bond motifs is 2. The van der Waals surface area contributed by atoms with Gasteiger partial charge >= 0.3 is 0 Å². The number of aromatic nitrogens is 6. The molecule has 1 N–H and O–H groups in total. The molecule has 5 aromatic rings. The molecule has 1 aliphatic heterocycles. The number of hydrogen-bond donors (Lipinski definition) is 1. The van der Waals surface area contributed by atoms with E-state index in [0.717, 1.165) is 11.3 Å². The largest absolute Gasteiger partial charge is 0.457 e. The summed E-state index contributed by atoms with van der Waals surface area (Å²) in [5.74, 6) is 1.58. The van der Waals surface area contributed by atoms with Gasteiger partial charge < -0.3 is 24.8 Å². The van der Waals surface area contributed by atoms with E-state index in [4.69, 9.17) is 4.74 Å². The number of anilines is 3. The topological polar surface area (TPSA) is 126 Å². The highest BCUT2D eigenvalue weighted by Gasteiger charge is 2.29. The molecule has 0 radical (unpaired) electrons. The first-order valence-corrected chi connectivity index (χ1v) is 13.4. The van der Waals surface area contributed by atoms with Gasteiger partial charge in [-0.3, -0.25) is 9.59 Å². The lowest BCUT2D eigenvalue weighted by Gasteiger charge is -2.33. The average Bonchev–Trinajstić information content (AvgIpc) is 3.62. The van der Waals surface area contributed by atoms with Crippen molar-refractivity contribution in [3.8, 4) is 11.5 Å². The third kappa shape index (κ3) is 5.49. The van der Waals surface area contributed by atoms with E-state index in [1.807, 2.05) is 62.3 Å². The molecule has 6 rings (SSSR count). The Labute approximate surface area is 241 Å². The Morgan fingerprint density at radius 2 is 1.86 bits per heavy atom. The van der Waals surface area contributed by atoms with Gasteiger partial charge in [-0.25, -0.2) is 19.0 Å². The van der Waals surface area contributed by atoms with E-state index < -0.39 is 0 Å². The van der Waals surface area contributed by atoms with Crippen LogP contribution < -0.4 is 15.0 Å². The van der Waals surface area contributed by atoms with E-state index in [0.29, 0.717) is 53.8 Å². The van der Waals surface area contributed by atoms with Crippen LogP contribution in [0.25, 0.3) is 11.2 Å². The van der Waals surface area contributed by atoms with Crippen molar-refractivity contribution in [2.45, 2.75) is 6.92 Å². The monoisotopic (exact) mass is 566 g/mol. The second-order valence-corrected chi connectivity index (χ2v) is 10.2. The molecule has 0 atom stereocenters. The van der Waals surface area contributed by atoms with E-state index in [1.54, 1.807) is 37.3 Å². The molecule has 0 aliphatic carbocycles. The number of hydrogen-bond acceptors (Lipinski definition) is 9. The molecule has 2 amide bonds. The maximum Gasteiger partial charge on any atom is 0.246 e. The fraction of sp³-hybridized carbons (Fsp3) is 0.241. The Bertz CT molecular complexity index is 1810. The molecule has 13 nitrogen and oxygen atoms in total. The van der Waals surface area contributed by atoms with Gasteiger partial charge in [0, 0.05) is 49.9 Å². The molecule has 42 heavy (non-hydrogen) atoms. The van der Waals surface area contributed by atoms with Crippen molar-refractivity contribution in [3.63, 3.8) is 0 Å². The van der Waals surface area contributed by atoms with E-state index >= 15 is 0 Å². The van der Waals surface area contributed by atoms with Crippen molar-refractivity contribution < 1.29 is 14.3 Å². The van der Waals surface area contributed by atoms with Crippen LogP contribution in [0.3, 0.4) is 0 Å². The number of ether oxygens (including phenoxy) is 1. The van der Waals surface area contributed by atoms with Crippen molar-refractivity contribution in [3.05, 3.63) is 79.2 Å². The molecule has 0 unspecified atom stereocenters. The average molecular weight is 567 g/mol. The minimum atomic E-state index is -0.167. The highest BCUT2D eigenvalue weighted by Crippen LogP contribution is 2.33. The second kappa shape index (κ2) is 11.3.